The molecule has 0 aliphatic carbocycles. The highest BCUT2D eigenvalue weighted by molar-refractivity contribution is 9.10. The number of aromatic nitrogens is 3. The van der Waals surface area contributed by atoms with Crippen molar-refractivity contribution in [3.8, 4) is 11.4 Å². The van der Waals surface area contributed by atoms with Crippen LogP contribution in [-0.2, 0) is 6.18 Å². The summed E-state index contributed by atoms with van der Waals surface area (Å²) in [7, 11) is 0. The van der Waals surface area contributed by atoms with Crippen molar-refractivity contribution in [2.45, 2.75) is 13.1 Å². The number of H-pyrrole nitrogens is 1. The van der Waals surface area contributed by atoms with Gasteiger partial charge < -0.3 is 4.98 Å². The Bertz CT molecular complexity index is 824. The van der Waals surface area contributed by atoms with E-state index in [0.717, 1.165) is 23.2 Å². The first-order valence-electron chi connectivity index (χ1n) is 6.04. The zero-order valence-electron chi connectivity index (χ0n) is 10.8. The number of benzene rings is 1. The fraction of sp³-hybridized carbons (Fsp3) is 0.143. The van der Waals surface area contributed by atoms with Gasteiger partial charge in [0.15, 0.2) is 5.65 Å². The van der Waals surface area contributed by atoms with Crippen LogP contribution < -0.4 is 0 Å². The molecule has 1 aromatic carbocycles. The van der Waals surface area contributed by atoms with Crippen LogP contribution >= 0.6 is 15.9 Å². The summed E-state index contributed by atoms with van der Waals surface area (Å²) in [5, 5.41) is 0. The van der Waals surface area contributed by atoms with Gasteiger partial charge >= 0.3 is 6.18 Å². The van der Waals surface area contributed by atoms with Crippen molar-refractivity contribution >= 4 is 27.1 Å². The minimum absolute atomic E-state index is 0.349. The molecule has 0 spiro atoms. The van der Waals surface area contributed by atoms with Crippen molar-refractivity contribution in [3.05, 3.63) is 46.1 Å². The maximum Gasteiger partial charge on any atom is 0.416 e. The summed E-state index contributed by atoms with van der Waals surface area (Å²) < 4.78 is 39.0. The van der Waals surface area contributed by atoms with E-state index in [2.05, 4.69) is 30.9 Å². The predicted molar refractivity (Wildman–Crippen MR) is 76.8 cm³/mol. The van der Waals surface area contributed by atoms with Gasteiger partial charge in [0.05, 0.1) is 11.1 Å². The van der Waals surface area contributed by atoms with Crippen LogP contribution in [0.2, 0.25) is 0 Å². The second-order valence-electron chi connectivity index (χ2n) is 4.60. The minimum Gasteiger partial charge on any atom is -0.336 e. The molecule has 108 valence electrons. The normalized spacial score (nSPS) is 12.0. The second kappa shape index (κ2) is 4.84. The Kier molecular flexibility index (Phi) is 3.24. The highest BCUT2D eigenvalue weighted by Gasteiger charge is 2.31. The van der Waals surface area contributed by atoms with Gasteiger partial charge in [-0.15, -0.1) is 0 Å². The second-order valence-corrected chi connectivity index (χ2v) is 5.46. The molecule has 1 N–H and O–H groups in total. The van der Waals surface area contributed by atoms with Gasteiger partial charge in [-0.2, -0.15) is 13.2 Å². The van der Waals surface area contributed by atoms with Gasteiger partial charge in [-0.1, -0.05) is 15.9 Å². The largest absolute Gasteiger partial charge is 0.416 e. The summed E-state index contributed by atoms with van der Waals surface area (Å²) in [6.45, 7) is 1.88. The third-order valence-electron chi connectivity index (χ3n) is 3.15. The number of pyridine rings is 1. The number of nitrogens with zero attached hydrogens (tertiary/aromatic N) is 2. The highest BCUT2D eigenvalue weighted by Crippen LogP contribution is 2.35. The molecule has 3 rings (SSSR count). The van der Waals surface area contributed by atoms with E-state index in [0.29, 0.717) is 21.5 Å². The maximum absolute atomic E-state index is 12.8. The zero-order chi connectivity index (χ0) is 15.2. The van der Waals surface area contributed by atoms with Crippen LogP contribution in [0, 0.1) is 6.92 Å². The SMILES string of the molecule is Cc1ccnc2nc(-c3cc(C(F)(F)F)ccc3Br)[nH]c12. The average molecular weight is 356 g/mol. The van der Waals surface area contributed by atoms with Crippen molar-refractivity contribution < 1.29 is 13.2 Å². The molecule has 0 saturated heterocycles. The molecule has 0 atom stereocenters. The van der Waals surface area contributed by atoms with Crippen molar-refractivity contribution in [1.82, 2.24) is 15.0 Å². The Morgan fingerprint density at radius 1 is 1.19 bits per heavy atom. The van der Waals surface area contributed by atoms with E-state index in [-0.39, 0.29) is 0 Å². The van der Waals surface area contributed by atoms with Gasteiger partial charge in [-0.25, -0.2) is 9.97 Å². The van der Waals surface area contributed by atoms with Crippen LogP contribution in [0.3, 0.4) is 0 Å². The quantitative estimate of drug-likeness (QED) is 0.686. The third kappa shape index (κ3) is 2.53. The Morgan fingerprint density at radius 3 is 2.62 bits per heavy atom. The zero-order valence-corrected chi connectivity index (χ0v) is 12.4. The van der Waals surface area contributed by atoms with Gasteiger partial charge in [-0.3, -0.25) is 0 Å². The average Bonchev–Trinajstić information content (AvgIpc) is 2.83. The lowest BCUT2D eigenvalue weighted by atomic mass is 10.1. The molecule has 0 aliphatic heterocycles. The van der Waals surface area contributed by atoms with E-state index in [4.69, 9.17) is 0 Å². The molecule has 0 unspecified atom stereocenters. The first kappa shape index (κ1) is 14.1. The molecular weight excluding hydrogens is 347 g/mol. The van der Waals surface area contributed by atoms with Crippen LogP contribution in [0.25, 0.3) is 22.6 Å². The number of nitrogens with one attached hydrogen (secondary N) is 1. The van der Waals surface area contributed by atoms with Crippen LogP contribution in [0.15, 0.2) is 34.9 Å². The van der Waals surface area contributed by atoms with Crippen molar-refractivity contribution in [1.29, 1.82) is 0 Å². The fourth-order valence-corrected chi connectivity index (χ4v) is 2.48. The monoisotopic (exact) mass is 355 g/mol. The van der Waals surface area contributed by atoms with Crippen LogP contribution in [0.4, 0.5) is 13.2 Å². The van der Waals surface area contributed by atoms with Crippen molar-refractivity contribution in [3.63, 3.8) is 0 Å². The smallest absolute Gasteiger partial charge is 0.336 e. The van der Waals surface area contributed by atoms with E-state index < -0.39 is 11.7 Å². The van der Waals surface area contributed by atoms with Crippen LogP contribution in [0.5, 0.6) is 0 Å². The molecule has 0 bridgehead atoms. The molecular formula is C14H9BrF3N3. The lowest BCUT2D eigenvalue weighted by molar-refractivity contribution is -0.137. The van der Waals surface area contributed by atoms with Crippen LogP contribution in [-0.4, -0.2) is 15.0 Å². The summed E-state index contributed by atoms with van der Waals surface area (Å²) in [4.78, 5) is 11.4. The van der Waals surface area contributed by atoms with Crippen molar-refractivity contribution in [2.24, 2.45) is 0 Å². The van der Waals surface area contributed by atoms with Gasteiger partial charge in [0.25, 0.3) is 0 Å². The lowest BCUT2D eigenvalue weighted by Gasteiger charge is -2.09. The fourth-order valence-electron chi connectivity index (χ4n) is 2.05. The van der Waals surface area contributed by atoms with E-state index in [1.54, 1.807) is 6.20 Å². The maximum atomic E-state index is 12.8. The number of aromatic amines is 1. The van der Waals surface area contributed by atoms with E-state index in [1.807, 2.05) is 13.0 Å². The highest BCUT2D eigenvalue weighted by atomic mass is 79.9. The van der Waals surface area contributed by atoms with Gasteiger partial charge in [0.2, 0.25) is 0 Å². The predicted octanol–water partition coefficient (Wildman–Crippen LogP) is 4.71. The molecule has 7 heteroatoms. The molecule has 3 aromatic rings. The summed E-state index contributed by atoms with van der Waals surface area (Å²) in [6.07, 6.45) is -2.78. The van der Waals surface area contributed by atoms with Gasteiger partial charge in [0.1, 0.15) is 5.82 Å². The van der Waals surface area contributed by atoms with Crippen LogP contribution in [0.1, 0.15) is 11.1 Å². The molecule has 0 radical (unpaired) electrons. The molecule has 0 fully saturated rings. The molecule has 21 heavy (non-hydrogen) atoms. The Hall–Kier alpha value is -1.89. The third-order valence-corrected chi connectivity index (χ3v) is 3.84. The molecule has 2 aromatic heterocycles. The number of rotatable bonds is 1. The molecule has 3 nitrogen and oxygen atoms in total. The van der Waals surface area contributed by atoms with Gasteiger partial charge in [-0.05, 0) is 36.8 Å². The molecule has 0 saturated carbocycles. The summed E-state index contributed by atoms with van der Waals surface area (Å²) in [5.41, 5.74) is 1.76. The molecule has 0 amide bonds. The Morgan fingerprint density at radius 2 is 1.95 bits per heavy atom. The number of fused-ring (bicyclic) bond motifs is 1. The van der Waals surface area contributed by atoms with Gasteiger partial charge in [0, 0.05) is 16.2 Å². The van der Waals surface area contributed by atoms with E-state index >= 15 is 0 Å². The summed E-state index contributed by atoms with van der Waals surface area (Å²) in [5.74, 6) is 0.352. The molecule has 2 heterocycles. The Balaban J connectivity index is 2.20. The van der Waals surface area contributed by atoms with Crippen molar-refractivity contribution in [2.75, 3.05) is 0 Å². The number of imidazole rings is 1. The number of hydrogen-bond acceptors (Lipinski definition) is 2. The number of aryl methyl sites for hydroxylation is 1. The number of alkyl halides is 3. The van der Waals surface area contributed by atoms with E-state index in [1.165, 1.54) is 6.07 Å². The first-order valence-corrected chi connectivity index (χ1v) is 6.84. The topological polar surface area (TPSA) is 41.6 Å². The van der Waals surface area contributed by atoms with E-state index in [9.17, 15) is 13.2 Å². The number of hydrogen-bond donors (Lipinski definition) is 1. The minimum atomic E-state index is -4.39. The number of halogens is 4. The lowest BCUT2D eigenvalue weighted by Crippen LogP contribution is -2.05. The Labute approximate surface area is 126 Å². The summed E-state index contributed by atoms with van der Waals surface area (Å²) >= 11 is 3.26. The molecule has 0 aliphatic rings. The first-order chi connectivity index (χ1) is 9.86. The summed E-state index contributed by atoms with van der Waals surface area (Å²) in [6, 6.07) is 5.27. The standard InChI is InChI=1S/C14H9BrF3N3/c1-7-4-5-19-13-11(7)20-12(21-13)9-6-8(14(16,17)18)2-3-10(9)15/h2-6H,1H3,(H,19,20,21).